The van der Waals surface area contributed by atoms with Gasteiger partial charge in [0.25, 0.3) is 0 Å². The van der Waals surface area contributed by atoms with E-state index in [1.54, 1.807) is 4.90 Å². The van der Waals surface area contributed by atoms with Gasteiger partial charge in [-0.3, -0.25) is 9.59 Å². The maximum atomic E-state index is 12.8. The molecule has 2 aliphatic heterocycles. The number of hydrogen-bond donors (Lipinski definition) is 0. The quantitative estimate of drug-likeness (QED) is 0.737. The van der Waals surface area contributed by atoms with Crippen LogP contribution in [0.2, 0.25) is 0 Å². The van der Waals surface area contributed by atoms with Crippen LogP contribution in [0.4, 0.5) is 5.69 Å². The van der Waals surface area contributed by atoms with Crippen LogP contribution in [0.15, 0.2) is 28.7 Å². The largest absolute Gasteiger partial charge is 0.341 e. The van der Waals surface area contributed by atoms with Crippen molar-refractivity contribution in [2.75, 3.05) is 44.7 Å². The molecule has 0 radical (unpaired) electrons. The number of anilines is 1. The van der Waals surface area contributed by atoms with Gasteiger partial charge in [-0.05, 0) is 54.5 Å². The van der Waals surface area contributed by atoms with Crippen molar-refractivity contribution >= 4 is 33.4 Å². The Morgan fingerprint density at radius 2 is 1.91 bits per heavy atom. The van der Waals surface area contributed by atoms with E-state index in [-0.39, 0.29) is 11.8 Å². The van der Waals surface area contributed by atoms with Crippen LogP contribution in [-0.2, 0) is 9.59 Å². The predicted molar refractivity (Wildman–Crippen MR) is 93.3 cm³/mol. The second-order valence-corrected chi connectivity index (χ2v) is 7.12. The minimum Gasteiger partial charge on any atom is -0.341 e. The molecule has 0 bridgehead atoms. The number of carbonyl (C=O) groups is 2. The van der Waals surface area contributed by atoms with Crippen molar-refractivity contribution in [1.29, 1.82) is 0 Å². The van der Waals surface area contributed by atoms with E-state index in [0.717, 1.165) is 36.2 Å². The summed E-state index contributed by atoms with van der Waals surface area (Å²) in [6.45, 7) is 3.95. The lowest BCUT2D eigenvalue weighted by atomic mass is 10.1. The molecule has 6 heteroatoms. The molecule has 2 amide bonds. The topological polar surface area (TPSA) is 43.9 Å². The molecule has 124 valence electrons. The predicted octanol–water partition coefficient (Wildman–Crippen LogP) is 1.97. The van der Waals surface area contributed by atoms with Gasteiger partial charge in [0, 0.05) is 30.7 Å². The van der Waals surface area contributed by atoms with E-state index in [1.807, 2.05) is 29.2 Å². The molecule has 0 saturated carbocycles. The number of nitrogens with zero attached hydrogens (tertiary/aromatic N) is 3. The third-order valence-electron chi connectivity index (χ3n) is 4.68. The van der Waals surface area contributed by atoms with Gasteiger partial charge in [-0.25, -0.2) is 0 Å². The van der Waals surface area contributed by atoms with Crippen LogP contribution in [0.25, 0.3) is 0 Å². The average Bonchev–Trinajstić information content (AvgIpc) is 2.77. The Morgan fingerprint density at radius 1 is 1.13 bits per heavy atom. The molecule has 0 N–H and O–H groups in total. The van der Waals surface area contributed by atoms with Crippen LogP contribution < -0.4 is 4.90 Å². The van der Waals surface area contributed by atoms with Crippen LogP contribution >= 0.6 is 15.9 Å². The SMILES string of the molecule is CN1CCCN(C(=O)C2CCN(c3ccccc3Br)C2=O)CC1. The number of amides is 2. The summed E-state index contributed by atoms with van der Waals surface area (Å²) in [5.74, 6) is -0.593. The molecule has 0 aliphatic carbocycles. The number of carbonyl (C=O) groups excluding carboxylic acids is 2. The first-order chi connectivity index (χ1) is 11.1. The smallest absolute Gasteiger partial charge is 0.239 e. The Hall–Kier alpha value is -1.40. The van der Waals surface area contributed by atoms with Gasteiger partial charge in [0.05, 0.1) is 5.69 Å². The Balaban J connectivity index is 1.71. The Labute approximate surface area is 145 Å². The monoisotopic (exact) mass is 379 g/mol. The fraction of sp³-hybridized carbons (Fsp3) is 0.529. The highest BCUT2D eigenvalue weighted by atomic mass is 79.9. The van der Waals surface area contributed by atoms with Crippen molar-refractivity contribution in [2.24, 2.45) is 5.92 Å². The average molecular weight is 380 g/mol. The summed E-state index contributed by atoms with van der Waals surface area (Å²) in [6.07, 6.45) is 1.57. The van der Waals surface area contributed by atoms with Crippen molar-refractivity contribution in [1.82, 2.24) is 9.80 Å². The molecule has 3 rings (SSSR count). The molecule has 1 unspecified atom stereocenters. The minimum absolute atomic E-state index is 0.000136. The summed E-state index contributed by atoms with van der Waals surface area (Å²) in [7, 11) is 2.07. The van der Waals surface area contributed by atoms with Gasteiger partial charge in [-0.1, -0.05) is 12.1 Å². The minimum atomic E-state index is -0.523. The maximum absolute atomic E-state index is 12.8. The second-order valence-electron chi connectivity index (χ2n) is 6.26. The third-order valence-corrected chi connectivity index (χ3v) is 5.35. The molecule has 1 aromatic carbocycles. The molecule has 5 nitrogen and oxygen atoms in total. The molecule has 2 fully saturated rings. The van der Waals surface area contributed by atoms with Crippen molar-refractivity contribution < 1.29 is 9.59 Å². The van der Waals surface area contributed by atoms with Crippen LogP contribution in [0.5, 0.6) is 0 Å². The molecule has 2 aliphatic rings. The lowest BCUT2D eigenvalue weighted by Gasteiger charge is -2.24. The van der Waals surface area contributed by atoms with E-state index in [1.165, 1.54) is 0 Å². The van der Waals surface area contributed by atoms with Gasteiger partial charge in [0.15, 0.2) is 0 Å². The van der Waals surface area contributed by atoms with E-state index in [9.17, 15) is 9.59 Å². The number of para-hydroxylation sites is 1. The van der Waals surface area contributed by atoms with Crippen molar-refractivity contribution in [3.63, 3.8) is 0 Å². The van der Waals surface area contributed by atoms with Gasteiger partial charge >= 0.3 is 0 Å². The number of likely N-dealkylation sites (N-methyl/N-ethyl adjacent to an activating group) is 1. The van der Waals surface area contributed by atoms with Crippen LogP contribution in [-0.4, -0.2) is 61.4 Å². The van der Waals surface area contributed by atoms with E-state index in [2.05, 4.69) is 27.9 Å². The van der Waals surface area contributed by atoms with Crippen LogP contribution in [0.1, 0.15) is 12.8 Å². The van der Waals surface area contributed by atoms with E-state index in [4.69, 9.17) is 0 Å². The van der Waals surface area contributed by atoms with Crippen molar-refractivity contribution in [3.05, 3.63) is 28.7 Å². The lowest BCUT2D eigenvalue weighted by Crippen LogP contribution is -2.41. The zero-order valence-electron chi connectivity index (χ0n) is 13.4. The standard InChI is InChI=1S/C17H22BrN3O2/c1-19-8-4-9-20(12-11-19)16(22)13-7-10-21(17(13)23)15-6-3-2-5-14(15)18/h2-3,5-6,13H,4,7-12H2,1H3. The zero-order chi connectivity index (χ0) is 16.4. The van der Waals surface area contributed by atoms with Gasteiger partial charge in [0.2, 0.25) is 11.8 Å². The normalized spacial score (nSPS) is 23.2. The highest BCUT2D eigenvalue weighted by molar-refractivity contribution is 9.10. The number of halogens is 1. The number of benzene rings is 1. The van der Waals surface area contributed by atoms with Crippen LogP contribution in [0, 0.1) is 5.92 Å². The summed E-state index contributed by atoms with van der Waals surface area (Å²) in [6, 6.07) is 7.66. The van der Waals surface area contributed by atoms with Crippen molar-refractivity contribution in [3.8, 4) is 0 Å². The Morgan fingerprint density at radius 3 is 2.70 bits per heavy atom. The van der Waals surface area contributed by atoms with Gasteiger partial charge < -0.3 is 14.7 Å². The van der Waals surface area contributed by atoms with E-state index in [0.29, 0.717) is 19.5 Å². The first-order valence-electron chi connectivity index (χ1n) is 8.11. The number of hydrogen-bond acceptors (Lipinski definition) is 3. The Bertz CT molecular complexity index is 607. The molecule has 2 heterocycles. The van der Waals surface area contributed by atoms with Gasteiger partial charge in [-0.2, -0.15) is 0 Å². The number of rotatable bonds is 2. The maximum Gasteiger partial charge on any atom is 0.239 e. The molecule has 1 aromatic rings. The van der Waals surface area contributed by atoms with Crippen LogP contribution in [0.3, 0.4) is 0 Å². The summed E-state index contributed by atoms with van der Waals surface area (Å²) in [4.78, 5) is 31.4. The molecular formula is C17H22BrN3O2. The van der Waals surface area contributed by atoms with Gasteiger partial charge in [0.1, 0.15) is 5.92 Å². The van der Waals surface area contributed by atoms with Crippen molar-refractivity contribution in [2.45, 2.75) is 12.8 Å². The zero-order valence-corrected chi connectivity index (χ0v) is 15.0. The fourth-order valence-electron chi connectivity index (χ4n) is 3.31. The first-order valence-corrected chi connectivity index (χ1v) is 8.90. The molecular weight excluding hydrogens is 358 g/mol. The van der Waals surface area contributed by atoms with E-state index >= 15 is 0 Å². The van der Waals surface area contributed by atoms with E-state index < -0.39 is 5.92 Å². The van der Waals surface area contributed by atoms with Gasteiger partial charge in [-0.15, -0.1) is 0 Å². The molecule has 1 atom stereocenters. The fourth-order valence-corrected chi connectivity index (χ4v) is 3.80. The first kappa shape index (κ1) is 16.5. The summed E-state index contributed by atoms with van der Waals surface area (Å²) < 4.78 is 0.887. The third kappa shape index (κ3) is 3.43. The lowest BCUT2D eigenvalue weighted by molar-refractivity contribution is -0.139. The molecule has 0 spiro atoms. The summed E-state index contributed by atoms with van der Waals surface area (Å²) in [5.41, 5.74) is 0.850. The highest BCUT2D eigenvalue weighted by Gasteiger charge is 2.40. The molecule has 23 heavy (non-hydrogen) atoms. The molecule has 0 aromatic heterocycles. The summed E-state index contributed by atoms with van der Waals surface area (Å²) >= 11 is 3.49. The molecule has 2 saturated heterocycles. The summed E-state index contributed by atoms with van der Waals surface area (Å²) in [5, 5.41) is 0. The Kier molecular flexibility index (Phi) is 5.02. The second kappa shape index (κ2) is 7.01. The highest BCUT2D eigenvalue weighted by Crippen LogP contribution is 2.32.